The molecule has 0 aliphatic carbocycles. The molecule has 0 saturated heterocycles. The van der Waals surface area contributed by atoms with Gasteiger partial charge in [-0.25, -0.2) is 0 Å². The van der Waals surface area contributed by atoms with Crippen LogP contribution < -0.4 is 14.2 Å². The standard InChI is InChI=1S/C27H32O3/c1-16-9-17(2)26(18(3)10-16)30-24-13-21(6)27(29-8)23(15-24)14-22-11-19(4)25(28-7)20(5)12-22/h9-13,15H,14H2,1-8H3. The molecule has 0 amide bonds. The van der Waals surface area contributed by atoms with Crippen molar-refractivity contribution in [1.29, 1.82) is 0 Å². The van der Waals surface area contributed by atoms with Crippen LogP contribution in [0.2, 0.25) is 0 Å². The molecule has 0 heterocycles. The zero-order valence-electron chi connectivity index (χ0n) is 19.4. The molecule has 0 atom stereocenters. The van der Waals surface area contributed by atoms with Gasteiger partial charge in [-0.05, 0) is 87.1 Å². The van der Waals surface area contributed by atoms with Crippen LogP contribution in [0.25, 0.3) is 0 Å². The fourth-order valence-electron chi connectivity index (χ4n) is 4.42. The van der Waals surface area contributed by atoms with Gasteiger partial charge in [0.05, 0.1) is 14.2 Å². The van der Waals surface area contributed by atoms with E-state index in [9.17, 15) is 0 Å². The lowest BCUT2D eigenvalue weighted by atomic mass is 9.97. The minimum atomic E-state index is 0.763. The van der Waals surface area contributed by atoms with Crippen molar-refractivity contribution in [3.63, 3.8) is 0 Å². The minimum absolute atomic E-state index is 0.763. The van der Waals surface area contributed by atoms with Gasteiger partial charge in [-0.2, -0.15) is 0 Å². The van der Waals surface area contributed by atoms with Gasteiger partial charge in [-0.3, -0.25) is 0 Å². The second-order valence-corrected chi connectivity index (χ2v) is 8.20. The van der Waals surface area contributed by atoms with Crippen LogP contribution in [-0.2, 0) is 6.42 Å². The van der Waals surface area contributed by atoms with Crippen LogP contribution in [0, 0.1) is 41.5 Å². The van der Waals surface area contributed by atoms with Gasteiger partial charge in [0.1, 0.15) is 23.0 Å². The molecule has 0 saturated carbocycles. The molecule has 0 aliphatic rings. The number of rotatable bonds is 6. The highest BCUT2D eigenvalue weighted by Crippen LogP contribution is 2.36. The molecule has 3 nitrogen and oxygen atoms in total. The highest BCUT2D eigenvalue weighted by Gasteiger charge is 2.14. The van der Waals surface area contributed by atoms with Crippen LogP contribution in [-0.4, -0.2) is 14.2 Å². The van der Waals surface area contributed by atoms with Crippen molar-refractivity contribution in [2.75, 3.05) is 14.2 Å². The zero-order chi connectivity index (χ0) is 22.0. The van der Waals surface area contributed by atoms with Gasteiger partial charge in [-0.1, -0.05) is 29.8 Å². The lowest BCUT2D eigenvalue weighted by molar-refractivity contribution is 0.404. The van der Waals surface area contributed by atoms with Crippen molar-refractivity contribution in [3.05, 3.63) is 80.9 Å². The van der Waals surface area contributed by atoms with Crippen LogP contribution in [0.5, 0.6) is 23.0 Å². The number of ether oxygens (including phenoxy) is 3. The van der Waals surface area contributed by atoms with Gasteiger partial charge in [0.25, 0.3) is 0 Å². The smallest absolute Gasteiger partial charge is 0.133 e. The molecule has 0 aromatic heterocycles. The third-order valence-electron chi connectivity index (χ3n) is 5.47. The fraction of sp³-hybridized carbons (Fsp3) is 0.333. The predicted molar refractivity (Wildman–Crippen MR) is 124 cm³/mol. The highest BCUT2D eigenvalue weighted by atomic mass is 16.5. The number of hydrogen-bond acceptors (Lipinski definition) is 3. The van der Waals surface area contributed by atoms with Crippen LogP contribution in [0.4, 0.5) is 0 Å². The van der Waals surface area contributed by atoms with E-state index in [4.69, 9.17) is 14.2 Å². The van der Waals surface area contributed by atoms with Gasteiger partial charge in [0.2, 0.25) is 0 Å². The first-order valence-electron chi connectivity index (χ1n) is 10.3. The van der Waals surface area contributed by atoms with Crippen LogP contribution in [0.15, 0.2) is 36.4 Å². The Hall–Kier alpha value is -2.94. The van der Waals surface area contributed by atoms with Gasteiger partial charge in [0, 0.05) is 12.0 Å². The van der Waals surface area contributed by atoms with Crippen LogP contribution >= 0.6 is 0 Å². The Morgan fingerprint density at radius 3 is 1.60 bits per heavy atom. The van der Waals surface area contributed by atoms with Gasteiger partial charge in [-0.15, -0.1) is 0 Å². The van der Waals surface area contributed by atoms with E-state index in [2.05, 4.69) is 71.9 Å². The Kier molecular flexibility index (Phi) is 6.40. The Labute approximate surface area is 180 Å². The van der Waals surface area contributed by atoms with Crippen molar-refractivity contribution in [2.24, 2.45) is 0 Å². The lowest BCUT2D eigenvalue weighted by Gasteiger charge is -2.18. The van der Waals surface area contributed by atoms with E-state index in [0.717, 1.165) is 62.8 Å². The van der Waals surface area contributed by atoms with E-state index in [0.29, 0.717) is 0 Å². The molecule has 0 bridgehead atoms. The SMILES string of the molecule is COc1c(C)cc(Cc2cc(Oc3c(C)cc(C)cc3C)cc(C)c2OC)cc1C. The summed E-state index contributed by atoms with van der Waals surface area (Å²) in [5, 5.41) is 0. The van der Waals surface area contributed by atoms with Crippen molar-refractivity contribution in [1.82, 2.24) is 0 Å². The molecule has 0 radical (unpaired) electrons. The summed E-state index contributed by atoms with van der Waals surface area (Å²) in [7, 11) is 3.45. The highest BCUT2D eigenvalue weighted by molar-refractivity contribution is 5.53. The summed E-state index contributed by atoms with van der Waals surface area (Å²) in [6.45, 7) is 12.5. The summed E-state index contributed by atoms with van der Waals surface area (Å²) in [6.07, 6.45) is 0.763. The van der Waals surface area contributed by atoms with E-state index >= 15 is 0 Å². The van der Waals surface area contributed by atoms with Crippen molar-refractivity contribution < 1.29 is 14.2 Å². The quantitative estimate of drug-likeness (QED) is 0.445. The van der Waals surface area contributed by atoms with Crippen LogP contribution in [0.1, 0.15) is 44.5 Å². The van der Waals surface area contributed by atoms with Crippen molar-refractivity contribution in [3.8, 4) is 23.0 Å². The summed E-state index contributed by atoms with van der Waals surface area (Å²) >= 11 is 0. The molecular weight excluding hydrogens is 372 g/mol. The van der Waals surface area contributed by atoms with E-state index in [1.165, 1.54) is 11.1 Å². The maximum atomic E-state index is 6.36. The molecular formula is C27H32O3. The summed E-state index contributed by atoms with van der Waals surface area (Å²) in [5.74, 6) is 3.61. The Bertz CT molecular complexity index is 1030. The lowest BCUT2D eigenvalue weighted by Crippen LogP contribution is -2.00. The second kappa shape index (κ2) is 8.83. The normalized spacial score (nSPS) is 10.8. The summed E-state index contributed by atoms with van der Waals surface area (Å²) in [6, 6.07) is 12.8. The molecule has 0 aliphatic heterocycles. The molecule has 3 heteroatoms. The predicted octanol–water partition coefficient (Wildman–Crippen LogP) is 6.94. The Morgan fingerprint density at radius 2 is 1.07 bits per heavy atom. The topological polar surface area (TPSA) is 27.7 Å². The maximum Gasteiger partial charge on any atom is 0.133 e. The number of hydrogen-bond donors (Lipinski definition) is 0. The third kappa shape index (κ3) is 4.46. The molecule has 30 heavy (non-hydrogen) atoms. The van der Waals surface area contributed by atoms with E-state index in [-0.39, 0.29) is 0 Å². The third-order valence-corrected chi connectivity index (χ3v) is 5.47. The summed E-state index contributed by atoms with van der Waals surface area (Å²) in [4.78, 5) is 0. The average molecular weight is 405 g/mol. The average Bonchev–Trinajstić information content (AvgIpc) is 2.64. The molecule has 0 fully saturated rings. The largest absolute Gasteiger partial charge is 0.496 e. The number of benzene rings is 3. The van der Waals surface area contributed by atoms with Gasteiger partial charge >= 0.3 is 0 Å². The first-order chi connectivity index (χ1) is 14.2. The van der Waals surface area contributed by atoms with Crippen molar-refractivity contribution in [2.45, 2.75) is 48.0 Å². The Morgan fingerprint density at radius 1 is 0.567 bits per heavy atom. The maximum absolute atomic E-state index is 6.36. The zero-order valence-corrected chi connectivity index (χ0v) is 19.4. The number of aryl methyl sites for hydroxylation is 6. The second-order valence-electron chi connectivity index (χ2n) is 8.20. The fourth-order valence-corrected chi connectivity index (χ4v) is 4.42. The van der Waals surface area contributed by atoms with E-state index in [1.54, 1.807) is 14.2 Å². The minimum Gasteiger partial charge on any atom is -0.496 e. The number of methoxy groups -OCH3 is 2. The van der Waals surface area contributed by atoms with Crippen LogP contribution in [0.3, 0.4) is 0 Å². The summed E-state index contributed by atoms with van der Waals surface area (Å²) in [5.41, 5.74) is 9.21. The first kappa shape index (κ1) is 21.8. The molecule has 158 valence electrons. The molecule has 0 N–H and O–H groups in total. The van der Waals surface area contributed by atoms with Gasteiger partial charge < -0.3 is 14.2 Å². The van der Waals surface area contributed by atoms with Gasteiger partial charge in [0.15, 0.2) is 0 Å². The van der Waals surface area contributed by atoms with E-state index in [1.807, 2.05) is 6.07 Å². The Balaban J connectivity index is 2.01. The first-order valence-corrected chi connectivity index (χ1v) is 10.3. The molecule has 0 spiro atoms. The van der Waals surface area contributed by atoms with E-state index < -0.39 is 0 Å². The summed E-state index contributed by atoms with van der Waals surface area (Å²) < 4.78 is 17.6. The molecule has 3 rings (SSSR count). The molecule has 3 aromatic carbocycles. The monoisotopic (exact) mass is 404 g/mol. The van der Waals surface area contributed by atoms with Crippen molar-refractivity contribution >= 4 is 0 Å². The molecule has 3 aromatic rings. The molecule has 0 unspecified atom stereocenters.